The third kappa shape index (κ3) is 3.00. The SMILES string of the molecule is O=C(O)C(CO)NS(=O)(=O)c1ccc2c(c1)OCCO2. The van der Waals surface area contributed by atoms with Gasteiger partial charge in [-0.05, 0) is 12.1 Å². The van der Waals surface area contributed by atoms with Crippen LogP contribution in [0.15, 0.2) is 23.1 Å². The summed E-state index contributed by atoms with van der Waals surface area (Å²) in [4.78, 5) is 10.6. The van der Waals surface area contributed by atoms with Gasteiger partial charge in [-0.1, -0.05) is 0 Å². The summed E-state index contributed by atoms with van der Waals surface area (Å²) in [7, 11) is -4.08. The molecule has 1 aromatic rings. The molecule has 0 radical (unpaired) electrons. The van der Waals surface area contributed by atoms with Crippen molar-refractivity contribution in [2.24, 2.45) is 0 Å². The number of nitrogens with one attached hydrogen (secondary N) is 1. The monoisotopic (exact) mass is 303 g/mol. The lowest BCUT2D eigenvalue weighted by Gasteiger charge is -2.19. The summed E-state index contributed by atoms with van der Waals surface area (Å²) >= 11 is 0. The zero-order valence-electron chi connectivity index (χ0n) is 10.3. The largest absolute Gasteiger partial charge is 0.486 e. The van der Waals surface area contributed by atoms with Crippen LogP contribution in [0.2, 0.25) is 0 Å². The van der Waals surface area contributed by atoms with Crippen LogP contribution in [-0.4, -0.2) is 50.5 Å². The summed E-state index contributed by atoms with van der Waals surface area (Å²) in [6, 6.07) is 2.34. The van der Waals surface area contributed by atoms with E-state index in [1.54, 1.807) is 0 Å². The van der Waals surface area contributed by atoms with Crippen LogP contribution in [0.3, 0.4) is 0 Å². The van der Waals surface area contributed by atoms with E-state index in [-0.39, 0.29) is 10.6 Å². The van der Waals surface area contributed by atoms with Gasteiger partial charge in [-0.3, -0.25) is 4.79 Å². The summed E-state index contributed by atoms with van der Waals surface area (Å²) in [5.41, 5.74) is 0. The molecule has 0 saturated heterocycles. The number of aliphatic hydroxyl groups excluding tert-OH is 1. The van der Waals surface area contributed by atoms with Crippen molar-refractivity contribution in [3.8, 4) is 11.5 Å². The second kappa shape index (κ2) is 5.65. The molecular weight excluding hydrogens is 290 g/mol. The summed E-state index contributed by atoms with van der Waals surface area (Å²) in [5, 5.41) is 17.6. The number of benzene rings is 1. The second-order valence-electron chi connectivity index (χ2n) is 4.00. The molecule has 0 aromatic heterocycles. The van der Waals surface area contributed by atoms with Gasteiger partial charge in [0.25, 0.3) is 0 Å². The molecule has 8 nitrogen and oxygen atoms in total. The van der Waals surface area contributed by atoms with Gasteiger partial charge in [-0.2, -0.15) is 4.72 Å². The van der Waals surface area contributed by atoms with Gasteiger partial charge < -0.3 is 19.7 Å². The van der Waals surface area contributed by atoms with E-state index in [0.29, 0.717) is 19.0 Å². The van der Waals surface area contributed by atoms with Gasteiger partial charge in [-0.15, -0.1) is 0 Å². The summed E-state index contributed by atoms with van der Waals surface area (Å²) in [6.45, 7) is -0.166. The zero-order chi connectivity index (χ0) is 14.8. The summed E-state index contributed by atoms with van der Waals surface area (Å²) in [6.07, 6.45) is 0. The minimum Gasteiger partial charge on any atom is -0.486 e. The number of sulfonamides is 1. The van der Waals surface area contributed by atoms with E-state index >= 15 is 0 Å². The number of carbonyl (C=O) groups is 1. The van der Waals surface area contributed by atoms with Crippen LogP contribution >= 0.6 is 0 Å². The number of hydrogen-bond acceptors (Lipinski definition) is 6. The van der Waals surface area contributed by atoms with Crippen molar-refractivity contribution in [2.45, 2.75) is 10.9 Å². The van der Waals surface area contributed by atoms with E-state index in [2.05, 4.69) is 0 Å². The average molecular weight is 303 g/mol. The minimum atomic E-state index is -4.08. The first-order chi connectivity index (χ1) is 9.44. The van der Waals surface area contributed by atoms with E-state index in [4.69, 9.17) is 19.7 Å². The predicted molar refractivity (Wildman–Crippen MR) is 66.3 cm³/mol. The van der Waals surface area contributed by atoms with Gasteiger partial charge in [0.15, 0.2) is 11.5 Å². The zero-order valence-corrected chi connectivity index (χ0v) is 11.1. The number of ether oxygens (including phenoxy) is 2. The first-order valence-corrected chi connectivity index (χ1v) is 7.18. The molecule has 0 saturated carbocycles. The topological polar surface area (TPSA) is 122 Å². The average Bonchev–Trinajstić information content (AvgIpc) is 2.44. The van der Waals surface area contributed by atoms with Crippen molar-refractivity contribution in [1.29, 1.82) is 0 Å². The van der Waals surface area contributed by atoms with E-state index in [0.717, 1.165) is 0 Å². The number of aliphatic carboxylic acids is 1. The normalized spacial score (nSPS) is 15.7. The molecule has 9 heteroatoms. The lowest BCUT2D eigenvalue weighted by molar-refractivity contribution is -0.139. The Morgan fingerprint density at radius 3 is 2.55 bits per heavy atom. The molecule has 110 valence electrons. The van der Waals surface area contributed by atoms with Gasteiger partial charge in [0.05, 0.1) is 11.5 Å². The Hall–Kier alpha value is -1.84. The maximum atomic E-state index is 12.0. The Morgan fingerprint density at radius 2 is 1.95 bits per heavy atom. The minimum absolute atomic E-state index is 0.165. The number of rotatable bonds is 5. The maximum absolute atomic E-state index is 12.0. The standard InChI is InChI=1S/C11H13NO7S/c13-6-8(11(14)15)12-20(16,17)7-1-2-9-10(5-7)19-4-3-18-9/h1-2,5,8,12-13H,3-4,6H2,(H,14,15). The molecule has 1 heterocycles. The Balaban J connectivity index is 2.27. The Bertz CT molecular complexity index is 613. The molecule has 1 aromatic carbocycles. The molecule has 3 N–H and O–H groups in total. The van der Waals surface area contributed by atoms with Crippen LogP contribution in [0.1, 0.15) is 0 Å². The number of aliphatic hydroxyl groups is 1. The van der Waals surface area contributed by atoms with Crippen molar-refractivity contribution in [2.75, 3.05) is 19.8 Å². The number of carboxylic acid groups (broad SMARTS) is 1. The fraction of sp³-hybridized carbons (Fsp3) is 0.364. The highest BCUT2D eigenvalue weighted by molar-refractivity contribution is 7.89. The fourth-order valence-electron chi connectivity index (χ4n) is 1.61. The molecule has 0 fully saturated rings. The van der Waals surface area contributed by atoms with Gasteiger partial charge >= 0.3 is 5.97 Å². The molecular formula is C11H13NO7S. The van der Waals surface area contributed by atoms with E-state index in [1.165, 1.54) is 18.2 Å². The van der Waals surface area contributed by atoms with Gasteiger partial charge in [0.1, 0.15) is 19.3 Å². The quantitative estimate of drug-likeness (QED) is 0.649. The van der Waals surface area contributed by atoms with Crippen molar-refractivity contribution in [1.82, 2.24) is 4.72 Å². The highest BCUT2D eigenvalue weighted by Crippen LogP contribution is 2.32. The predicted octanol–water partition coefficient (Wildman–Crippen LogP) is -0.818. The van der Waals surface area contributed by atoms with Crippen molar-refractivity contribution >= 4 is 16.0 Å². The fourth-order valence-corrected chi connectivity index (χ4v) is 2.81. The van der Waals surface area contributed by atoms with Crippen LogP contribution in [-0.2, 0) is 14.8 Å². The highest BCUT2D eigenvalue weighted by Gasteiger charge is 2.26. The Labute approximate surface area is 115 Å². The molecule has 0 amide bonds. The van der Waals surface area contributed by atoms with E-state index in [9.17, 15) is 13.2 Å². The van der Waals surface area contributed by atoms with E-state index in [1.807, 2.05) is 4.72 Å². The molecule has 1 aliphatic heterocycles. The molecule has 20 heavy (non-hydrogen) atoms. The van der Waals surface area contributed by atoms with Crippen LogP contribution in [0.4, 0.5) is 0 Å². The molecule has 0 bridgehead atoms. The third-order valence-electron chi connectivity index (χ3n) is 2.60. The second-order valence-corrected chi connectivity index (χ2v) is 5.71. The molecule has 1 atom stereocenters. The molecule has 0 spiro atoms. The van der Waals surface area contributed by atoms with Gasteiger partial charge in [0, 0.05) is 6.07 Å². The van der Waals surface area contributed by atoms with Crippen LogP contribution in [0.5, 0.6) is 11.5 Å². The van der Waals surface area contributed by atoms with Crippen molar-refractivity contribution in [3.05, 3.63) is 18.2 Å². The number of fused-ring (bicyclic) bond motifs is 1. The molecule has 0 aliphatic carbocycles. The summed E-state index contributed by atoms with van der Waals surface area (Å²) in [5.74, 6) is -0.768. The smallest absolute Gasteiger partial charge is 0.324 e. The van der Waals surface area contributed by atoms with E-state index < -0.39 is 28.6 Å². The first-order valence-electron chi connectivity index (χ1n) is 5.69. The third-order valence-corrected chi connectivity index (χ3v) is 4.07. The summed E-state index contributed by atoms with van der Waals surface area (Å²) < 4.78 is 36.4. The Morgan fingerprint density at radius 1 is 1.30 bits per heavy atom. The van der Waals surface area contributed by atoms with Gasteiger partial charge in [-0.25, -0.2) is 8.42 Å². The lowest BCUT2D eigenvalue weighted by atomic mass is 10.3. The number of hydrogen-bond donors (Lipinski definition) is 3. The maximum Gasteiger partial charge on any atom is 0.324 e. The van der Waals surface area contributed by atoms with Crippen molar-refractivity contribution in [3.63, 3.8) is 0 Å². The van der Waals surface area contributed by atoms with Crippen LogP contribution in [0, 0.1) is 0 Å². The molecule has 2 rings (SSSR count). The first kappa shape index (κ1) is 14.6. The van der Waals surface area contributed by atoms with Crippen molar-refractivity contribution < 1.29 is 32.9 Å². The highest BCUT2D eigenvalue weighted by atomic mass is 32.2. The van der Waals surface area contributed by atoms with Crippen LogP contribution in [0.25, 0.3) is 0 Å². The van der Waals surface area contributed by atoms with Gasteiger partial charge in [0.2, 0.25) is 10.0 Å². The van der Waals surface area contributed by atoms with Crippen LogP contribution < -0.4 is 14.2 Å². The number of carboxylic acids is 1. The molecule has 1 unspecified atom stereocenters. The lowest BCUT2D eigenvalue weighted by Crippen LogP contribution is -2.43. The molecule has 1 aliphatic rings. The Kier molecular flexibility index (Phi) is 4.12.